The summed E-state index contributed by atoms with van der Waals surface area (Å²) in [6, 6.07) is 9.94. The molecule has 0 N–H and O–H groups in total. The van der Waals surface area contributed by atoms with Gasteiger partial charge in [-0.15, -0.1) is 0 Å². The molecule has 0 saturated carbocycles. The van der Waals surface area contributed by atoms with Gasteiger partial charge in [0.05, 0.1) is 6.07 Å². The van der Waals surface area contributed by atoms with Crippen molar-refractivity contribution in [3.8, 4) is 6.07 Å². The van der Waals surface area contributed by atoms with Gasteiger partial charge in [0.25, 0.3) is 5.24 Å². The van der Waals surface area contributed by atoms with Gasteiger partial charge in [0.2, 0.25) is 0 Å². The maximum atomic E-state index is 12.1. The Morgan fingerprint density at radius 2 is 2.22 bits per heavy atom. The highest BCUT2D eigenvalue weighted by molar-refractivity contribution is 8.13. The van der Waals surface area contributed by atoms with E-state index in [0.717, 1.165) is 11.1 Å². The van der Waals surface area contributed by atoms with Crippen LogP contribution < -0.4 is 0 Å². The van der Waals surface area contributed by atoms with Gasteiger partial charge in [0, 0.05) is 6.20 Å². The molecule has 1 amide bonds. The molecular weight excluding hydrogens is 244 g/mol. The molecule has 0 radical (unpaired) electrons. The summed E-state index contributed by atoms with van der Waals surface area (Å²) in [4.78, 5) is 13.6. The van der Waals surface area contributed by atoms with Gasteiger partial charge in [-0.3, -0.25) is 9.69 Å². The van der Waals surface area contributed by atoms with E-state index in [4.69, 9.17) is 0 Å². The minimum absolute atomic E-state index is 0.0905. The standard InChI is InChI=1S/C14H14N2OS/c1-3-18-13(17)16-9-8-11-6-4-5-7-12(11)14(16,2)10-15/h4-9H,3H2,1-2H3. The summed E-state index contributed by atoms with van der Waals surface area (Å²) >= 11 is 1.21. The Hall–Kier alpha value is -1.73. The molecule has 1 heterocycles. The topological polar surface area (TPSA) is 44.1 Å². The second-order valence-corrected chi connectivity index (χ2v) is 5.37. The second-order valence-electron chi connectivity index (χ2n) is 4.16. The van der Waals surface area contributed by atoms with E-state index in [1.54, 1.807) is 13.1 Å². The molecule has 92 valence electrons. The van der Waals surface area contributed by atoms with Crippen LogP contribution in [0.4, 0.5) is 4.79 Å². The lowest BCUT2D eigenvalue weighted by Gasteiger charge is -2.37. The number of hydrogen-bond donors (Lipinski definition) is 0. The summed E-state index contributed by atoms with van der Waals surface area (Å²) in [5.74, 6) is 0.701. The van der Waals surface area contributed by atoms with Crippen LogP contribution in [-0.2, 0) is 5.54 Å². The maximum absolute atomic E-state index is 12.1. The van der Waals surface area contributed by atoms with Gasteiger partial charge < -0.3 is 0 Å². The molecule has 0 fully saturated rings. The zero-order valence-corrected chi connectivity index (χ0v) is 11.2. The van der Waals surface area contributed by atoms with E-state index in [1.165, 1.54) is 16.7 Å². The summed E-state index contributed by atoms with van der Waals surface area (Å²) in [5, 5.41) is 9.41. The average molecular weight is 258 g/mol. The number of nitriles is 1. The van der Waals surface area contributed by atoms with Crippen molar-refractivity contribution >= 4 is 23.1 Å². The highest BCUT2D eigenvalue weighted by atomic mass is 32.2. The van der Waals surface area contributed by atoms with Crippen molar-refractivity contribution in [3.05, 3.63) is 41.6 Å². The summed E-state index contributed by atoms with van der Waals surface area (Å²) in [6.07, 6.45) is 3.58. The van der Waals surface area contributed by atoms with Gasteiger partial charge >= 0.3 is 0 Å². The van der Waals surface area contributed by atoms with E-state index in [1.807, 2.05) is 37.3 Å². The van der Waals surface area contributed by atoms with E-state index >= 15 is 0 Å². The first-order valence-corrected chi connectivity index (χ1v) is 6.77. The molecule has 2 rings (SSSR count). The van der Waals surface area contributed by atoms with E-state index in [9.17, 15) is 10.1 Å². The van der Waals surface area contributed by atoms with Crippen LogP contribution >= 0.6 is 11.8 Å². The molecular formula is C14H14N2OS. The third-order valence-corrected chi connectivity index (χ3v) is 3.78. The molecule has 4 heteroatoms. The zero-order valence-electron chi connectivity index (χ0n) is 10.4. The number of carbonyl (C=O) groups excluding carboxylic acids is 1. The van der Waals surface area contributed by atoms with Crippen LogP contribution in [-0.4, -0.2) is 15.9 Å². The first-order chi connectivity index (χ1) is 8.63. The monoisotopic (exact) mass is 258 g/mol. The van der Waals surface area contributed by atoms with Crippen molar-refractivity contribution in [1.29, 1.82) is 5.26 Å². The molecule has 1 aromatic rings. The molecule has 0 aromatic heterocycles. The molecule has 1 atom stereocenters. The largest absolute Gasteiger partial charge is 0.287 e. The summed E-state index contributed by atoms with van der Waals surface area (Å²) in [7, 11) is 0. The van der Waals surface area contributed by atoms with Crippen LogP contribution in [0.2, 0.25) is 0 Å². The fourth-order valence-corrected chi connectivity index (χ4v) is 2.70. The Balaban J connectivity index is 2.49. The number of hydrogen-bond acceptors (Lipinski definition) is 3. The van der Waals surface area contributed by atoms with Crippen molar-refractivity contribution < 1.29 is 4.79 Å². The highest BCUT2D eigenvalue weighted by Gasteiger charge is 2.39. The highest BCUT2D eigenvalue weighted by Crippen LogP contribution is 2.37. The normalized spacial score (nSPS) is 21.3. The van der Waals surface area contributed by atoms with Crippen molar-refractivity contribution in [1.82, 2.24) is 4.90 Å². The van der Waals surface area contributed by atoms with Crippen LogP contribution in [0.25, 0.3) is 6.08 Å². The number of carbonyl (C=O) groups is 1. The molecule has 0 bridgehead atoms. The summed E-state index contributed by atoms with van der Waals surface area (Å²) in [5.41, 5.74) is 0.942. The number of benzene rings is 1. The Morgan fingerprint density at radius 3 is 2.89 bits per heavy atom. The molecule has 0 saturated heterocycles. The lowest BCUT2D eigenvalue weighted by Crippen LogP contribution is -2.43. The molecule has 0 aliphatic carbocycles. The fraction of sp³-hybridized carbons (Fsp3) is 0.286. The maximum Gasteiger partial charge on any atom is 0.287 e. The predicted octanol–water partition coefficient (Wildman–Crippen LogP) is 3.58. The van der Waals surface area contributed by atoms with Crippen molar-refractivity contribution in [2.24, 2.45) is 0 Å². The van der Waals surface area contributed by atoms with Crippen LogP contribution in [0.15, 0.2) is 30.5 Å². The predicted molar refractivity (Wildman–Crippen MR) is 73.8 cm³/mol. The number of fused-ring (bicyclic) bond motifs is 1. The van der Waals surface area contributed by atoms with E-state index in [0.29, 0.717) is 5.75 Å². The van der Waals surface area contributed by atoms with Gasteiger partial charge in [-0.2, -0.15) is 5.26 Å². The first kappa shape index (κ1) is 12.7. The molecule has 3 nitrogen and oxygen atoms in total. The minimum atomic E-state index is -0.926. The SMILES string of the molecule is CCSC(=O)N1C=Cc2ccccc2C1(C)C#N. The van der Waals surface area contributed by atoms with Crippen molar-refractivity contribution in [2.45, 2.75) is 19.4 Å². The van der Waals surface area contributed by atoms with Gasteiger partial charge in [-0.25, -0.2) is 0 Å². The zero-order chi connectivity index (χ0) is 13.2. The Labute approximate surface area is 111 Å². The van der Waals surface area contributed by atoms with Crippen LogP contribution in [0.1, 0.15) is 25.0 Å². The van der Waals surface area contributed by atoms with Crippen LogP contribution in [0.5, 0.6) is 0 Å². The van der Waals surface area contributed by atoms with Crippen molar-refractivity contribution in [3.63, 3.8) is 0 Å². The van der Waals surface area contributed by atoms with E-state index in [-0.39, 0.29) is 5.24 Å². The minimum Gasteiger partial charge on any atom is -0.287 e. The molecule has 18 heavy (non-hydrogen) atoms. The smallest absolute Gasteiger partial charge is 0.287 e. The lowest BCUT2D eigenvalue weighted by atomic mass is 9.86. The Bertz CT molecular complexity index is 547. The fourth-order valence-electron chi connectivity index (χ4n) is 2.07. The van der Waals surface area contributed by atoms with Crippen LogP contribution in [0.3, 0.4) is 0 Å². The number of thioether (sulfide) groups is 1. The Morgan fingerprint density at radius 1 is 1.50 bits per heavy atom. The third kappa shape index (κ3) is 1.91. The van der Waals surface area contributed by atoms with Crippen LogP contribution in [0, 0.1) is 11.3 Å². The van der Waals surface area contributed by atoms with Gasteiger partial charge in [0.1, 0.15) is 0 Å². The molecule has 0 spiro atoms. The van der Waals surface area contributed by atoms with Gasteiger partial charge in [0.15, 0.2) is 5.54 Å². The molecule has 1 unspecified atom stereocenters. The molecule has 1 aromatic carbocycles. The quantitative estimate of drug-likeness (QED) is 0.773. The van der Waals surface area contributed by atoms with E-state index < -0.39 is 5.54 Å². The average Bonchev–Trinajstić information content (AvgIpc) is 2.39. The lowest BCUT2D eigenvalue weighted by molar-refractivity contribution is 0.209. The number of rotatable bonds is 1. The second kappa shape index (κ2) is 4.87. The molecule has 1 aliphatic heterocycles. The summed E-state index contributed by atoms with van der Waals surface area (Å²) < 4.78 is 0. The van der Waals surface area contributed by atoms with E-state index in [2.05, 4.69) is 6.07 Å². The first-order valence-electron chi connectivity index (χ1n) is 5.78. The van der Waals surface area contributed by atoms with Gasteiger partial charge in [-0.1, -0.05) is 43.0 Å². The van der Waals surface area contributed by atoms with Gasteiger partial charge in [-0.05, 0) is 29.9 Å². The third-order valence-electron chi connectivity index (χ3n) is 3.05. The Kier molecular flexibility index (Phi) is 3.44. The van der Waals surface area contributed by atoms with Crippen molar-refractivity contribution in [2.75, 3.05) is 5.75 Å². The number of nitrogens with zero attached hydrogens (tertiary/aromatic N) is 2. The molecule has 1 aliphatic rings. The summed E-state index contributed by atoms with van der Waals surface area (Å²) in [6.45, 7) is 3.71. The number of amides is 1.